The zero-order valence-corrected chi connectivity index (χ0v) is 10.5. The Balaban J connectivity index is 4.05. The largest absolute Gasteiger partial charge is 0.383 e. The third-order valence-electron chi connectivity index (χ3n) is 2.02. The summed E-state index contributed by atoms with van der Waals surface area (Å²) in [7, 11) is 1.77. The van der Waals surface area contributed by atoms with Gasteiger partial charge < -0.3 is 8.62 Å². The minimum absolute atomic E-state index is 0.304. The zero-order chi connectivity index (χ0) is 9.78. The summed E-state index contributed by atoms with van der Waals surface area (Å²) in [4.78, 5) is 0. The van der Waals surface area contributed by atoms with E-state index in [-0.39, 0.29) is 0 Å². The number of hydrogen-bond donors (Lipinski definition) is 0. The van der Waals surface area contributed by atoms with Gasteiger partial charge in [-0.3, -0.25) is 0 Å². The molecule has 0 spiro atoms. The van der Waals surface area contributed by atoms with Crippen LogP contribution in [0.3, 0.4) is 0 Å². The second-order valence-electron chi connectivity index (χ2n) is 4.45. The first kappa shape index (κ1) is 12.5. The van der Waals surface area contributed by atoms with Gasteiger partial charge >= 0.3 is 14.4 Å². The molecule has 0 aliphatic carbocycles. The third-order valence-corrected chi connectivity index (χ3v) is 4.30. The average molecular weight is 187 g/mol. The molecule has 0 fully saturated rings. The number of ether oxygens (including phenoxy) is 1. The van der Waals surface area contributed by atoms with Gasteiger partial charge in [0, 0.05) is 13.7 Å². The molecule has 0 atom stereocenters. The van der Waals surface area contributed by atoms with Crippen molar-refractivity contribution in [1.29, 1.82) is 0 Å². The first-order chi connectivity index (χ1) is 5.39. The maximum Gasteiger partial charge on any atom is 0.366 e. The predicted molar refractivity (Wildman–Crippen MR) is 55.8 cm³/mol. The highest BCUT2D eigenvalue weighted by molar-refractivity contribution is 6.52. The Morgan fingerprint density at radius 3 is 2.00 bits per heavy atom. The van der Waals surface area contributed by atoms with Crippen LogP contribution in [0.25, 0.3) is 0 Å². The van der Waals surface area contributed by atoms with Crippen LogP contribution in [0.15, 0.2) is 0 Å². The van der Waals surface area contributed by atoms with Crippen molar-refractivity contribution in [2.75, 3.05) is 20.3 Å². The molecule has 0 saturated heterocycles. The van der Waals surface area contributed by atoms with Crippen LogP contribution in [0.2, 0.25) is 11.6 Å². The van der Waals surface area contributed by atoms with E-state index >= 15 is 0 Å². The van der Waals surface area contributed by atoms with Gasteiger partial charge in [-0.25, -0.2) is 0 Å². The van der Waals surface area contributed by atoms with Crippen molar-refractivity contribution in [2.24, 2.45) is 0 Å². The summed E-state index contributed by atoms with van der Waals surface area (Å²) in [6.07, 6.45) is 0. The zero-order valence-electron chi connectivity index (χ0n) is 9.35. The molecule has 0 aromatic rings. The normalized spacial score (nSPS) is 12.2. The Morgan fingerprint density at radius 1 is 1.25 bits per heavy atom. The highest BCUT2D eigenvalue weighted by Crippen LogP contribution is 2.14. The van der Waals surface area contributed by atoms with Gasteiger partial charge in [0.25, 0.3) is 0 Å². The summed E-state index contributed by atoms with van der Waals surface area (Å²) >= 11 is -0.689. The first-order valence-corrected chi connectivity index (χ1v) is 7.48. The standard InChI is InChI=1S/C7H16NO.2CH3.Al/c1-7(2,3)8-5-6-9-4;;;/h5-6H2,1-4H3;2*1H3;/q-1;;;+1. The molecule has 2 nitrogen and oxygen atoms in total. The van der Waals surface area contributed by atoms with Crippen molar-refractivity contribution in [3.63, 3.8) is 0 Å². The van der Waals surface area contributed by atoms with E-state index in [4.69, 9.17) is 4.74 Å². The lowest BCUT2D eigenvalue weighted by Gasteiger charge is -2.38. The van der Waals surface area contributed by atoms with Gasteiger partial charge in [-0.2, -0.15) is 0 Å². The molecular weight excluding hydrogens is 165 g/mol. The van der Waals surface area contributed by atoms with E-state index in [2.05, 4.69) is 36.2 Å². The lowest BCUT2D eigenvalue weighted by molar-refractivity contribution is 0.146. The Labute approximate surface area is 81.5 Å². The molecule has 3 heteroatoms. The van der Waals surface area contributed by atoms with E-state index in [0.717, 1.165) is 13.2 Å². The summed E-state index contributed by atoms with van der Waals surface area (Å²) < 4.78 is 7.68. The van der Waals surface area contributed by atoms with E-state index in [9.17, 15) is 0 Å². The fourth-order valence-electron chi connectivity index (χ4n) is 1.56. The van der Waals surface area contributed by atoms with E-state index < -0.39 is 14.4 Å². The van der Waals surface area contributed by atoms with Crippen LogP contribution >= 0.6 is 0 Å². The van der Waals surface area contributed by atoms with Crippen LogP contribution in [-0.2, 0) is 4.74 Å². The maximum atomic E-state index is 5.10. The molecule has 0 rings (SSSR count). The van der Waals surface area contributed by atoms with Gasteiger partial charge in [0.15, 0.2) is 0 Å². The van der Waals surface area contributed by atoms with Gasteiger partial charge in [0.05, 0.1) is 6.61 Å². The molecule has 0 bridgehead atoms. The molecule has 0 radical (unpaired) electrons. The molecule has 0 heterocycles. The minimum Gasteiger partial charge on any atom is -0.383 e. The van der Waals surface area contributed by atoms with Crippen molar-refractivity contribution in [2.45, 2.75) is 37.9 Å². The summed E-state index contributed by atoms with van der Waals surface area (Å²) in [5, 5.41) is 0. The van der Waals surface area contributed by atoms with E-state index in [1.165, 1.54) is 0 Å². The second-order valence-corrected chi connectivity index (χ2v) is 7.26. The van der Waals surface area contributed by atoms with Crippen molar-refractivity contribution < 1.29 is 4.74 Å². The summed E-state index contributed by atoms with van der Waals surface area (Å²) in [6, 6.07) is 0. The lowest BCUT2D eigenvalue weighted by atomic mass is 10.1. The SMILES string of the molecule is COCC[N]([Al]([CH3])[CH3])C(C)(C)C. The van der Waals surface area contributed by atoms with Crippen LogP contribution in [0.1, 0.15) is 20.8 Å². The molecule has 0 saturated carbocycles. The second kappa shape index (κ2) is 5.24. The van der Waals surface area contributed by atoms with Crippen molar-refractivity contribution in [1.82, 2.24) is 3.88 Å². The Hall–Kier alpha value is 0.452. The maximum absolute atomic E-state index is 5.10. The molecule has 72 valence electrons. The number of rotatable bonds is 4. The molecule has 0 aliphatic heterocycles. The van der Waals surface area contributed by atoms with Gasteiger partial charge in [0.2, 0.25) is 0 Å². The smallest absolute Gasteiger partial charge is 0.366 e. The first-order valence-electron chi connectivity index (χ1n) is 4.65. The highest BCUT2D eigenvalue weighted by atomic mass is 27.2. The highest BCUT2D eigenvalue weighted by Gasteiger charge is 2.25. The van der Waals surface area contributed by atoms with Gasteiger partial charge in [-0.05, 0) is 26.3 Å². The number of nitrogens with zero attached hydrogens (tertiary/aromatic N) is 1. The Morgan fingerprint density at radius 2 is 1.75 bits per heavy atom. The molecule has 0 amide bonds. The van der Waals surface area contributed by atoms with Crippen molar-refractivity contribution in [3.8, 4) is 0 Å². The van der Waals surface area contributed by atoms with E-state index in [0.29, 0.717) is 5.54 Å². The Bertz CT molecular complexity index is 120. The fraction of sp³-hybridized carbons (Fsp3) is 1.00. The molecular formula is C9H22AlNO. The van der Waals surface area contributed by atoms with Crippen LogP contribution in [0.4, 0.5) is 0 Å². The van der Waals surface area contributed by atoms with Crippen molar-refractivity contribution >= 4 is 14.4 Å². The van der Waals surface area contributed by atoms with Crippen LogP contribution in [0.5, 0.6) is 0 Å². The average Bonchev–Trinajstić information content (AvgIpc) is 1.84. The van der Waals surface area contributed by atoms with E-state index in [1.807, 2.05) is 0 Å². The Kier molecular flexibility index (Phi) is 5.44. The van der Waals surface area contributed by atoms with Crippen LogP contribution < -0.4 is 0 Å². The molecule has 0 aromatic carbocycles. The third kappa shape index (κ3) is 4.47. The minimum atomic E-state index is -0.689. The predicted octanol–water partition coefficient (Wildman–Crippen LogP) is 1.98. The molecule has 0 aromatic heterocycles. The van der Waals surface area contributed by atoms with Gasteiger partial charge in [-0.15, -0.1) is 0 Å². The fourth-order valence-corrected chi connectivity index (χ4v) is 3.73. The lowest BCUT2D eigenvalue weighted by Crippen LogP contribution is -2.49. The quantitative estimate of drug-likeness (QED) is 0.624. The molecule has 0 N–H and O–H groups in total. The molecule has 0 aliphatic rings. The number of hydrogen-bond acceptors (Lipinski definition) is 2. The summed E-state index contributed by atoms with van der Waals surface area (Å²) in [5.74, 6) is 4.72. The van der Waals surface area contributed by atoms with Gasteiger partial charge in [0.1, 0.15) is 0 Å². The molecule has 12 heavy (non-hydrogen) atoms. The molecule has 0 unspecified atom stereocenters. The topological polar surface area (TPSA) is 12.5 Å². The number of methoxy groups -OCH3 is 1. The monoisotopic (exact) mass is 187 g/mol. The van der Waals surface area contributed by atoms with Crippen molar-refractivity contribution in [3.05, 3.63) is 0 Å². The van der Waals surface area contributed by atoms with Crippen LogP contribution in [-0.4, -0.2) is 44.1 Å². The summed E-state index contributed by atoms with van der Waals surface area (Å²) in [5.41, 5.74) is 0.304. The van der Waals surface area contributed by atoms with Crippen LogP contribution in [0, 0.1) is 0 Å². The summed E-state index contributed by atoms with van der Waals surface area (Å²) in [6.45, 7) is 8.74. The van der Waals surface area contributed by atoms with E-state index in [1.54, 1.807) is 7.11 Å². The van der Waals surface area contributed by atoms with Gasteiger partial charge in [-0.1, -0.05) is 11.6 Å².